The number of rotatable bonds is 4. The molecule has 2 amide bonds. The van der Waals surface area contributed by atoms with Gasteiger partial charge in [-0.05, 0) is 18.2 Å². The van der Waals surface area contributed by atoms with Crippen LogP contribution in [0.1, 0.15) is 13.3 Å². The minimum absolute atomic E-state index is 0.194. The van der Waals surface area contributed by atoms with Crippen LogP contribution < -0.4 is 15.1 Å². The largest absolute Gasteiger partial charge is 0.442 e. The van der Waals surface area contributed by atoms with Crippen LogP contribution in [0.15, 0.2) is 18.2 Å². The van der Waals surface area contributed by atoms with E-state index in [1.165, 1.54) is 17.9 Å². The molecular formula is C19H24FN3O5. The Hall–Kier alpha value is -2.39. The molecule has 0 aliphatic carbocycles. The maximum atomic E-state index is 14.9. The van der Waals surface area contributed by atoms with Crippen LogP contribution in [0.2, 0.25) is 0 Å². The molecule has 0 aromatic heterocycles. The Morgan fingerprint density at radius 3 is 2.96 bits per heavy atom. The standard InChI is InChI=1S/C19H24FN3O5/c1-13(24)21-9-15-10-23(18(25)28-15)14-2-3-17(16(20)8-14)22-5-7-27-19(11-22)4-6-26-12-19/h2-3,8,15H,4-7,9-12H2,1H3,(H,21,24)/t15-,19?/m0/s1. The topological polar surface area (TPSA) is 80.3 Å². The Bertz CT molecular complexity index is 768. The van der Waals surface area contributed by atoms with Gasteiger partial charge in [0.05, 0.1) is 37.7 Å². The van der Waals surface area contributed by atoms with Gasteiger partial charge in [0.25, 0.3) is 0 Å². The van der Waals surface area contributed by atoms with Crippen molar-refractivity contribution in [2.24, 2.45) is 0 Å². The summed E-state index contributed by atoms with van der Waals surface area (Å²) < 4.78 is 31.5. The van der Waals surface area contributed by atoms with Crippen LogP contribution in [-0.4, -0.2) is 69.7 Å². The molecule has 0 saturated carbocycles. The minimum Gasteiger partial charge on any atom is -0.442 e. The van der Waals surface area contributed by atoms with Crippen molar-refractivity contribution in [2.75, 3.05) is 55.8 Å². The Balaban J connectivity index is 1.46. The van der Waals surface area contributed by atoms with Crippen LogP contribution in [0.25, 0.3) is 0 Å². The number of carbonyl (C=O) groups is 2. The number of halogens is 1. The first-order chi connectivity index (χ1) is 13.5. The van der Waals surface area contributed by atoms with Crippen molar-refractivity contribution < 1.29 is 28.2 Å². The van der Waals surface area contributed by atoms with Gasteiger partial charge in [0, 0.05) is 33.0 Å². The van der Waals surface area contributed by atoms with Gasteiger partial charge in [-0.25, -0.2) is 9.18 Å². The van der Waals surface area contributed by atoms with E-state index in [1.807, 2.05) is 4.90 Å². The van der Waals surface area contributed by atoms with Gasteiger partial charge in [-0.1, -0.05) is 0 Å². The molecule has 1 spiro atoms. The lowest BCUT2D eigenvalue weighted by Gasteiger charge is -2.40. The second-order valence-corrected chi connectivity index (χ2v) is 7.44. The van der Waals surface area contributed by atoms with Gasteiger partial charge < -0.3 is 24.4 Å². The molecule has 1 unspecified atom stereocenters. The number of amides is 2. The number of hydrogen-bond acceptors (Lipinski definition) is 6. The summed E-state index contributed by atoms with van der Waals surface area (Å²) >= 11 is 0. The zero-order chi connectivity index (χ0) is 19.7. The van der Waals surface area contributed by atoms with Gasteiger partial charge in [-0.15, -0.1) is 0 Å². The molecule has 1 aromatic rings. The van der Waals surface area contributed by atoms with Crippen molar-refractivity contribution >= 4 is 23.4 Å². The average Bonchev–Trinajstić information content (AvgIpc) is 3.26. The molecule has 1 aromatic carbocycles. The molecule has 28 heavy (non-hydrogen) atoms. The number of carbonyl (C=O) groups excluding carboxylic acids is 2. The Kier molecular flexibility index (Phi) is 5.11. The van der Waals surface area contributed by atoms with E-state index in [0.717, 1.165) is 6.42 Å². The first-order valence-electron chi connectivity index (χ1n) is 9.45. The zero-order valence-corrected chi connectivity index (χ0v) is 15.8. The molecule has 4 rings (SSSR count). The van der Waals surface area contributed by atoms with E-state index < -0.39 is 18.0 Å². The van der Waals surface area contributed by atoms with Crippen molar-refractivity contribution in [1.82, 2.24) is 5.32 Å². The Labute approximate surface area is 162 Å². The van der Waals surface area contributed by atoms with E-state index in [0.29, 0.717) is 44.3 Å². The fraction of sp³-hybridized carbons (Fsp3) is 0.579. The predicted molar refractivity (Wildman–Crippen MR) is 99.0 cm³/mol. The summed E-state index contributed by atoms with van der Waals surface area (Å²) in [5.41, 5.74) is 0.559. The first-order valence-corrected chi connectivity index (χ1v) is 9.45. The van der Waals surface area contributed by atoms with E-state index in [1.54, 1.807) is 12.1 Å². The number of cyclic esters (lactones) is 1. The Morgan fingerprint density at radius 2 is 2.25 bits per heavy atom. The number of hydrogen-bond donors (Lipinski definition) is 1. The second-order valence-electron chi connectivity index (χ2n) is 7.44. The molecular weight excluding hydrogens is 369 g/mol. The molecule has 1 N–H and O–H groups in total. The molecule has 3 fully saturated rings. The molecule has 3 aliphatic rings. The number of morpholine rings is 1. The van der Waals surface area contributed by atoms with Crippen molar-refractivity contribution in [1.29, 1.82) is 0 Å². The number of nitrogens with zero attached hydrogens (tertiary/aromatic N) is 2. The molecule has 0 radical (unpaired) electrons. The third-order valence-corrected chi connectivity index (χ3v) is 5.35. The number of benzene rings is 1. The van der Waals surface area contributed by atoms with Crippen molar-refractivity contribution in [3.8, 4) is 0 Å². The highest BCUT2D eigenvalue weighted by Gasteiger charge is 2.41. The molecule has 3 saturated heterocycles. The van der Waals surface area contributed by atoms with E-state index in [-0.39, 0.29) is 24.6 Å². The van der Waals surface area contributed by atoms with Crippen molar-refractivity contribution in [3.05, 3.63) is 24.0 Å². The quantitative estimate of drug-likeness (QED) is 0.830. The fourth-order valence-corrected chi connectivity index (χ4v) is 3.89. The van der Waals surface area contributed by atoms with Crippen LogP contribution in [0, 0.1) is 5.82 Å². The van der Waals surface area contributed by atoms with Crippen molar-refractivity contribution in [3.63, 3.8) is 0 Å². The number of ether oxygens (including phenoxy) is 3. The van der Waals surface area contributed by atoms with Crippen LogP contribution >= 0.6 is 0 Å². The lowest BCUT2D eigenvalue weighted by molar-refractivity contribution is -0.119. The summed E-state index contributed by atoms with van der Waals surface area (Å²) in [6.07, 6.45) is -0.199. The van der Waals surface area contributed by atoms with Gasteiger partial charge in [0.2, 0.25) is 5.91 Å². The monoisotopic (exact) mass is 393 g/mol. The average molecular weight is 393 g/mol. The summed E-state index contributed by atoms with van der Waals surface area (Å²) in [6, 6.07) is 4.76. The van der Waals surface area contributed by atoms with Crippen molar-refractivity contribution in [2.45, 2.75) is 25.0 Å². The van der Waals surface area contributed by atoms with E-state index >= 15 is 0 Å². The number of nitrogens with one attached hydrogen (secondary N) is 1. The highest BCUT2D eigenvalue weighted by atomic mass is 19.1. The van der Waals surface area contributed by atoms with Gasteiger partial charge in [-0.3, -0.25) is 9.69 Å². The SMILES string of the molecule is CC(=O)NC[C@H]1CN(c2ccc(N3CCOC4(CCOC4)C3)c(F)c2)C(=O)O1. The third kappa shape index (κ3) is 3.77. The summed E-state index contributed by atoms with van der Waals surface area (Å²) in [6.45, 7) is 4.77. The first kappa shape index (κ1) is 18.9. The summed E-state index contributed by atoms with van der Waals surface area (Å²) in [5, 5.41) is 2.62. The maximum Gasteiger partial charge on any atom is 0.414 e. The smallest absolute Gasteiger partial charge is 0.414 e. The number of anilines is 2. The zero-order valence-electron chi connectivity index (χ0n) is 15.8. The lowest BCUT2D eigenvalue weighted by atomic mass is 10.0. The van der Waals surface area contributed by atoms with E-state index in [2.05, 4.69) is 5.32 Å². The fourth-order valence-electron chi connectivity index (χ4n) is 3.89. The third-order valence-electron chi connectivity index (χ3n) is 5.35. The maximum absolute atomic E-state index is 14.9. The van der Waals surface area contributed by atoms with Gasteiger partial charge >= 0.3 is 6.09 Å². The normalized spacial score (nSPS) is 27.4. The van der Waals surface area contributed by atoms with Crippen LogP contribution in [0.3, 0.4) is 0 Å². The van der Waals surface area contributed by atoms with Crippen LogP contribution in [-0.2, 0) is 19.0 Å². The van der Waals surface area contributed by atoms with E-state index in [4.69, 9.17) is 14.2 Å². The highest BCUT2D eigenvalue weighted by Crippen LogP contribution is 2.33. The second kappa shape index (κ2) is 7.56. The molecule has 8 nitrogen and oxygen atoms in total. The van der Waals surface area contributed by atoms with Gasteiger partial charge in [0.15, 0.2) is 0 Å². The molecule has 2 atom stereocenters. The Morgan fingerprint density at radius 1 is 1.39 bits per heavy atom. The molecule has 3 aliphatic heterocycles. The van der Waals surface area contributed by atoms with Gasteiger partial charge in [0.1, 0.15) is 17.5 Å². The van der Waals surface area contributed by atoms with Crippen LogP contribution in [0.4, 0.5) is 20.6 Å². The molecule has 9 heteroatoms. The summed E-state index contributed by atoms with van der Waals surface area (Å²) in [4.78, 5) is 26.5. The molecule has 0 bridgehead atoms. The highest BCUT2D eigenvalue weighted by molar-refractivity contribution is 5.90. The molecule has 152 valence electrons. The van der Waals surface area contributed by atoms with E-state index in [9.17, 15) is 14.0 Å². The predicted octanol–water partition coefficient (Wildman–Crippen LogP) is 1.28. The lowest BCUT2D eigenvalue weighted by Crippen LogP contribution is -2.52. The molecule has 3 heterocycles. The van der Waals surface area contributed by atoms with Gasteiger partial charge in [-0.2, -0.15) is 0 Å². The minimum atomic E-state index is -0.545. The summed E-state index contributed by atoms with van der Waals surface area (Å²) in [7, 11) is 0. The summed E-state index contributed by atoms with van der Waals surface area (Å²) in [5.74, 6) is -0.590. The van der Waals surface area contributed by atoms with Crippen LogP contribution in [0.5, 0.6) is 0 Å².